The summed E-state index contributed by atoms with van der Waals surface area (Å²) in [5, 5.41) is 0. The summed E-state index contributed by atoms with van der Waals surface area (Å²) in [6.07, 6.45) is 11.1. The van der Waals surface area contributed by atoms with Crippen molar-refractivity contribution >= 4 is 24.5 Å². The van der Waals surface area contributed by atoms with Crippen molar-refractivity contribution < 1.29 is 31.8 Å². The number of rotatable bonds is 15. The molecule has 0 aromatic heterocycles. The van der Waals surface area contributed by atoms with Crippen molar-refractivity contribution in [3.05, 3.63) is 34.9 Å². The van der Waals surface area contributed by atoms with Crippen LogP contribution in [0, 0.1) is 5.41 Å². The standard InChI is InChI=1S/C24H41O7PS/c1-19(2)12-10-14-21(4)16-11-15-20(3)13-8-9-17-24(32-26,33(27,28)29)31-18-30-22(25)23(5,6)7/h12-13,16H,8-11,14-15,17-18H2,1-7H3,(H,27,28,29)/p+1. The van der Waals surface area contributed by atoms with Crippen LogP contribution < -0.4 is 0 Å². The van der Waals surface area contributed by atoms with E-state index in [1.807, 2.05) is 13.0 Å². The van der Waals surface area contributed by atoms with Crippen LogP contribution in [0.4, 0.5) is 0 Å². The maximum Gasteiger partial charge on any atom is 0.390 e. The molecule has 0 amide bonds. The van der Waals surface area contributed by atoms with Gasteiger partial charge < -0.3 is 4.74 Å². The first-order chi connectivity index (χ1) is 15.1. The molecule has 0 fully saturated rings. The van der Waals surface area contributed by atoms with Crippen molar-refractivity contribution in [3.8, 4) is 0 Å². The van der Waals surface area contributed by atoms with E-state index in [1.54, 1.807) is 20.8 Å². The van der Waals surface area contributed by atoms with Crippen molar-refractivity contribution in [1.82, 2.24) is 0 Å². The van der Waals surface area contributed by atoms with Gasteiger partial charge in [-0.25, -0.2) is 0 Å². The van der Waals surface area contributed by atoms with Crippen molar-refractivity contribution in [2.45, 2.75) is 98.1 Å². The Bertz CT molecular complexity index is 831. The smallest absolute Gasteiger partial charge is 0.390 e. The summed E-state index contributed by atoms with van der Waals surface area (Å²) >= 11 is 0. The van der Waals surface area contributed by atoms with Crippen LogP contribution in [0.5, 0.6) is 0 Å². The minimum atomic E-state index is -4.79. The average Bonchev–Trinajstić information content (AvgIpc) is 2.67. The SMILES string of the molecule is CC(C)=CCCC(C)=CCCC(C)=CCCCC(OCOC(=O)C(C)(C)C)([PH+]=O)S(=O)(=O)O. The molecule has 0 bridgehead atoms. The molecule has 0 saturated heterocycles. The van der Waals surface area contributed by atoms with Gasteiger partial charge in [-0.2, -0.15) is 8.42 Å². The largest absolute Gasteiger partial charge is 0.438 e. The van der Waals surface area contributed by atoms with Crippen molar-refractivity contribution in [2.24, 2.45) is 5.41 Å². The Morgan fingerprint density at radius 3 is 1.91 bits per heavy atom. The lowest BCUT2D eigenvalue weighted by Crippen LogP contribution is -2.37. The van der Waals surface area contributed by atoms with Crippen LogP contribution in [0.15, 0.2) is 34.9 Å². The van der Waals surface area contributed by atoms with Gasteiger partial charge in [-0.15, -0.1) is 0 Å². The first kappa shape index (κ1) is 31.7. The topological polar surface area (TPSA) is 107 Å². The fourth-order valence-corrected chi connectivity index (χ4v) is 4.24. The highest BCUT2D eigenvalue weighted by molar-refractivity contribution is 7.91. The van der Waals surface area contributed by atoms with Gasteiger partial charge in [0.1, 0.15) is 0 Å². The molecule has 0 radical (unpaired) electrons. The molecule has 1 N–H and O–H groups in total. The van der Waals surface area contributed by atoms with E-state index in [9.17, 15) is 22.3 Å². The third-order valence-corrected chi connectivity index (χ3v) is 7.88. The first-order valence-corrected chi connectivity index (χ1v) is 13.6. The van der Waals surface area contributed by atoms with Gasteiger partial charge in [0.05, 0.1) is 5.41 Å². The molecule has 2 unspecified atom stereocenters. The summed E-state index contributed by atoms with van der Waals surface area (Å²) in [5.41, 5.74) is 3.06. The number of esters is 1. The molecular weight excluding hydrogens is 463 g/mol. The number of ether oxygens (including phenoxy) is 2. The Kier molecular flexibility index (Phi) is 14.2. The summed E-state index contributed by atoms with van der Waals surface area (Å²) < 4.78 is 52.8. The molecule has 0 heterocycles. The van der Waals surface area contributed by atoms with Crippen LogP contribution in [0.25, 0.3) is 0 Å². The quantitative estimate of drug-likeness (QED) is 0.0658. The highest BCUT2D eigenvalue weighted by atomic mass is 32.2. The Labute approximate surface area is 201 Å². The van der Waals surface area contributed by atoms with Crippen LogP contribution in [-0.4, -0.2) is 30.4 Å². The zero-order valence-corrected chi connectivity index (χ0v) is 23.0. The number of allylic oxidation sites excluding steroid dienone is 6. The Morgan fingerprint density at radius 2 is 1.45 bits per heavy atom. The highest BCUT2D eigenvalue weighted by Crippen LogP contribution is 2.36. The summed E-state index contributed by atoms with van der Waals surface area (Å²) in [6.45, 7) is 12.5. The van der Waals surface area contributed by atoms with E-state index < -0.39 is 41.4 Å². The van der Waals surface area contributed by atoms with E-state index in [2.05, 4.69) is 32.9 Å². The van der Waals surface area contributed by atoms with Crippen molar-refractivity contribution in [2.75, 3.05) is 6.79 Å². The fraction of sp³-hybridized carbons (Fsp3) is 0.708. The van der Waals surface area contributed by atoms with E-state index in [0.717, 1.165) is 25.7 Å². The Balaban J connectivity index is 4.74. The van der Waals surface area contributed by atoms with Gasteiger partial charge in [0.2, 0.25) is 0 Å². The van der Waals surface area contributed by atoms with Crippen LogP contribution in [0.2, 0.25) is 0 Å². The average molecular weight is 506 g/mol. The Hall–Kier alpha value is -1.34. The molecule has 0 aliphatic rings. The maximum absolute atomic E-state index is 11.9. The molecular formula is C24H42O7PS+. The van der Waals surface area contributed by atoms with E-state index in [1.165, 1.54) is 16.7 Å². The van der Waals surface area contributed by atoms with Crippen LogP contribution in [0.1, 0.15) is 93.4 Å². The summed E-state index contributed by atoms with van der Waals surface area (Å²) in [5.74, 6) is -0.597. The number of hydrogen-bond acceptors (Lipinski definition) is 6. The molecule has 0 aromatic rings. The predicted molar refractivity (Wildman–Crippen MR) is 134 cm³/mol. The van der Waals surface area contributed by atoms with Gasteiger partial charge in [0.25, 0.3) is 0 Å². The van der Waals surface area contributed by atoms with Crippen molar-refractivity contribution in [3.63, 3.8) is 0 Å². The number of hydrogen-bond donors (Lipinski definition) is 1. The molecule has 33 heavy (non-hydrogen) atoms. The van der Waals surface area contributed by atoms with E-state index in [0.29, 0.717) is 12.8 Å². The van der Waals surface area contributed by atoms with Crippen LogP contribution in [-0.2, 0) is 29.0 Å². The zero-order valence-electron chi connectivity index (χ0n) is 21.2. The van der Waals surface area contributed by atoms with Gasteiger partial charge in [-0.1, -0.05) is 39.5 Å². The molecule has 9 heteroatoms. The molecule has 0 rings (SSSR count). The molecule has 0 spiro atoms. The molecule has 0 saturated carbocycles. The summed E-state index contributed by atoms with van der Waals surface area (Å²) in [4.78, 5) is 11.8. The van der Waals surface area contributed by atoms with E-state index in [4.69, 9.17) is 9.47 Å². The lowest BCUT2D eigenvalue weighted by molar-refractivity contribution is -0.169. The summed E-state index contributed by atoms with van der Waals surface area (Å²) in [7, 11) is -6.27. The lowest BCUT2D eigenvalue weighted by Gasteiger charge is -2.20. The Morgan fingerprint density at radius 1 is 0.939 bits per heavy atom. The molecule has 2 atom stereocenters. The minimum Gasteiger partial charge on any atom is -0.438 e. The van der Waals surface area contributed by atoms with Crippen molar-refractivity contribution in [1.29, 1.82) is 0 Å². The normalized spacial score (nSPS) is 15.3. The second-order valence-corrected chi connectivity index (χ2v) is 12.6. The lowest BCUT2D eigenvalue weighted by atomic mass is 9.98. The van der Waals surface area contributed by atoms with Crippen LogP contribution in [0.3, 0.4) is 0 Å². The zero-order chi connectivity index (χ0) is 25.7. The third kappa shape index (κ3) is 13.2. The monoisotopic (exact) mass is 505 g/mol. The fourth-order valence-electron chi connectivity index (χ4n) is 2.83. The maximum atomic E-state index is 11.9. The first-order valence-electron chi connectivity index (χ1n) is 11.3. The van der Waals surface area contributed by atoms with E-state index in [-0.39, 0.29) is 6.42 Å². The van der Waals surface area contributed by atoms with Gasteiger partial charge in [0, 0.05) is 6.42 Å². The number of unbranched alkanes of at least 4 members (excludes halogenated alkanes) is 1. The highest BCUT2D eigenvalue weighted by Gasteiger charge is 2.53. The van der Waals surface area contributed by atoms with Gasteiger partial charge >= 0.3 is 29.2 Å². The molecule has 0 aromatic carbocycles. The van der Waals surface area contributed by atoms with Gasteiger partial charge in [-0.3, -0.25) is 14.1 Å². The molecule has 0 aliphatic carbocycles. The van der Waals surface area contributed by atoms with Crippen LogP contribution >= 0.6 is 8.46 Å². The molecule has 7 nitrogen and oxygen atoms in total. The van der Waals surface area contributed by atoms with Gasteiger partial charge in [0.15, 0.2) is 6.79 Å². The minimum absolute atomic E-state index is 0.187. The van der Waals surface area contributed by atoms with E-state index >= 15 is 0 Å². The number of carbonyl (C=O) groups excluding carboxylic acids is 1. The molecule has 190 valence electrons. The van der Waals surface area contributed by atoms with Gasteiger partial charge in [-0.05, 0) is 87.0 Å². The summed E-state index contributed by atoms with van der Waals surface area (Å²) in [6, 6.07) is 0. The predicted octanol–water partition coefficient (Wildman–Crippen LogP) is 6.70. The molecule has 0 aliphatic heterocycles. The second-order valence-electron chi connectivity index (χ2n) is 9.63. The third-order valence-electron chi connectivity index (χ3n) is 4.99. The second kappa shape index (κ2) is 14.8. The number of carbonyl (C=O) groups is 1.